The Labute approximate surface area is 258 Å². The fourth-order valence-electron chi connectivity index (χ4n) is 7.57. The number of para-hydroxylation sites is 1. The van der Waals surface area contributed by atoms with Crippen molar-refractivity contribution in [1.82, 2.24) is 4.90 Å². The summed E-state index contributed by atoms with van der Waals surface area (Å²) in [5.74, 6) is -6.29. The van der Waals surface area contributed by atoms with Crippen LogP contribution in [0.1, 0.15) is 50.7 Å². The molecule has 2 aliphatic heterocycles. The van der Waals surface area contributed by atoms with Crippen LogP contribution in [0.5, 0.6) is 5.75 Å². The van der Waals surface area contributed by atoms with Gasteiger partial charge < -0.3 is 5.11 Å². The predicted molar refractivity (Wildman–Crippen MR) is 160 cm³/mol. The second kappa shape index (κ2) is 9.76. The molecule has 1 saturated carbocycles. The molecule has 2 aromatic rings. The van der Waals surface area contributed by atoms with Crippen molar-refractivity contribution in [2.24, 2.45) is 17.8 Å². The van der Waals surface area contributed by atoms with Gasteiger partial charge in [0, 0.05) is 17.0 Å². The average Bonchev–Trinajstić information content (AvgIpc) is 3.29. The van der Waals surface area contributed by atoms with Crippen LogP contribution in [0.4, 0.5) is 10.1 Å². The molecule has 2 saturated heterocycles. The van der Waals surface area contributed by atoms with Crippen molar-refractivity contribution in [2.75, 3.05) is 4.90 Å². The lowest BCUT2D eigenvalue weighted by Gasteiger charge is -2.50. The molecule has 6 atom stereocenters. The molecule has 6 unspecified atom stereocenters. The molecule has 4 aliphatic rings. The topological polar surface area (TPSA) is 95.0 Å². The number of carbonyl (C=O) groups excluding carboxylic acids is 4. The highest BCUT2D eigenvalue weighted by Gasteiger charge is 2.77. The van der Waals surface area contributed by atoms with Crippen LogP contribution in [-0.2, 0) is 25.6 Å². The first kappa shape index (κ1) is 29.6. The number of amides is 4. The summed E-state index contributed by atoms with van der Waals surface area (Å²) in [7, 11) is 0. The highest BCUT2D eigenvalue weighted by molar-refractivity contribution is 6.58. The van der Waals surface area contributed by atoms with Gasteiger partial charge in [0.2, 0.25) is 11.8 Å². The predicted octanol–water partition coefficient (Wildman–Crippen LogP) is 5.62. The van der Waals surface area contributed by atoms with Gasteiger partial charge in [-0.25, -0.2) is 9.29 Å². The number of rotatable bonds is 4. The molecule has 0 spiro atoms. The van der Waals surface area contributed by atoms with Gasteiger partial charge in [-0.3, -0.25) is 24.1 Å². The minimum absolute atomic E-state index is 0.0927. The van der Waals surface area contributed by atoms with Gasteiger partial charge in [-0.2, -0.15) is 0 Å². The number of fused-ring (bicyclic) bond motifs is 4. The molecule has 0 bridgehead atoms. The van der Waals surface area contributed by atoms with Gasteiger partial charge in [0.05, 0.1) is 17.5 Å². The van der Waals surface area contributed by atoms with Crippen LogP contribution >= 0.6 is 23.2 Å². The zero-order chi connectivity index (χ0) is 31.2. The maximum absolute atomic E-state index is 14.4. The summed E-state index contributed by atoms with van der Waals surface area (Å²) in [6.07, 6.45) is 3.81. The van der Waals surface area contributed by atoms with E-state index < -0.39 is 56.6 Å². The van der Waals surface area contributed by atoms with E-state index in [0.717, 1.165) is 17.0 Å². The Bertz CT molecular complexity index is 1630. The number of benzene rings is 2. The van der Waals surface area contributed by atoms with Gasteiger partial charge in [-0.15, -0.1) is 29.8 Å². The summed E-state index contributed by atoms with van der Waals surface area (Å²) >= 11 is 14.7. The van der Waals surface area contributed by atoms with Crippen molar-refractivity contribution in [3.05, 3.63) is 83.7 Å². The summed E-state index contributed by atoms with van der Waals surface area (Å²) in [4.78, 5) is 54.2. The Hall–Kier alpha value is -3.49. The third-order valence-electron chi connectivity index (χ3n) is 9.39. The van der Waals surface area contributed by atoms with Crippen LogP contribution in [0.15, 0.2) is 66.8 Å². The number of nitrogens with zero attached hydrogens (tertiary/aromatic N) is 2. The number of allylic oxidation sites excluding steroid dienone is 3. The Balaban J connectivity index is 1.58. The monoisotopic (exact) mass is 624 g/mol. The summed E-state index contributed by atoms with van der Waals surface area (Å²) in [5.41, 5.74) is 0.709. The van der Waals surface area contributed by atoms with Crippen LogP contribution < -0.4 is 4.90 Å². The lowest BCUT2D eigenvalue weighted by atomic mass is 9.56. The molecule has 4 amide bonds. The molecule has 224 valence electrons. The molecular formula is C33H31Cl2FN2O5. The standard InChI is InChI=1S/C33H31Cl2FN2O5/c1-5-7-17-8-6-9-22(26(17)39)25-20-14-15-21-24(28(41)38(27(21)40)31(2,3)4)23(20)16-32(34)29(42)37(30(43)33(25,32)35)19-12-10-18(36)11-13-19/h5-6,8-14,21,23-25,39H,1,7,15-16H2,2-4H3. The van der Waals surface area contributed by atoms with Crippen LogP contribution in [0.3, 0.4) is 0 Å². The van der Waals surface area contributed by atoms with Crippen LogP contribution in [0, 0.1) is 23.6 Å². The van der Waals surface area contributed by atoms with Gasteiger partial charge >= 0.3 is 0 Å². The van der Waals surface area contributed by atoms with Gasteiger partial charge in [0.15, 0.2) is 9.75 Å². The number of carbonyl (C=O) groups is 4. The van der Waals surface area contributed by atoms with Crippen molar-refractivity contribution < 1.29 is 28.7 Å². The molecular weight excluding hydrogens is 594 g/mol. The van der Waals surface area contributed by atoms with Crippen LogP contribution in [0.2, 0.25) is 0 Å². The number of hydrogen-bond acceptors (Lipinski definition) is 5. The largest absolute Gasteiger partial charge is 0.507 e. The summed E-state index contributed by atoms with van der Waals surface area (Å²) in [6, 6.07) is 9.89. The van der Waals surface area contributed by atoms with Gasteiger partial charge in [0.1, 0.15) is 11.6 Å². The van der Waals surface area contributed by atoms with E-state index in [9.17, 15) is 28.7 Å². The zero-order valence-corrected chi connectivity index (χ0v) is 25.5. The lowest BCUT2D eigenvalue weighted by molar-refractivity contribution is -0.145. The molecule has 2 heterocycles. The zero-order valence-electron chi connectivity index (χ0n) is 23.9. The van der Waals surface area contributed by atoms with Gasteiger partial charge in [-0.1, -0.05) is 35.9 Å². The first-order valence-electron chi connectivity index (χ1n) is 14.2. The number of hydrogen-bond donors (Lipinski definition) is 1. The number of imide groups is 2. The van der Waals surface area contributed by atoms with Crippen molar-refractivity contribution >= 4 is 52.5 Å². The number of halogens is 3. The number of likely N-dealkylation sites (tertiary alicyclic amines) is 1. The van der Waals surface area contributed by atoms with E-state index in [1.54, 1.807) is 45.0 Å². The van der Waals surface area contributed by atoms with Crippen molar-refractivity contribution in [3.8, 4) is 5.75 Å². The first-order chi connectivity index (χ1) is 20.2. The third kappa shape index (κ3) is 3.91. The van der Waals surface area contributed by atoms with E-state index in [1.165, 1.54) is 17.0 Å². The number of aromatic hydroxyl groups is 1. The maximum atomic E-state index is 14.4. The molecule has 0 aromatic heterocycles. The third-order valence-corrected chi connectivity index (χ3v) is 10.8. The number of phenolic OH excluding ortho intramolecular Hbond substituents is 1. The Morgan fingerprint density at radius 2 is 1.70 bits per heavy atom. The quantitative estimate of drug-likeness (QED) is 0.271. The van der Waals surface area contributed by atoms with Gasteiger partial charge in [0.25, 0.3) is 11.8 Å². The smallest absolute Gasteiger partial charge is 0.258 e. The number of alkyl halides is 2. The average molecular weight is 626 g/mol. The normalized spacial score (nSPS) is 32.0. The van der Waals surface area contributed by atoms with E-state index in [1.807, 2.05) is 6.08 Å². The highest BCUT2D eigenvalue weighted by atomic mass is 35.5. The number of phenols is 1. The molecule has 10 heteroatoms. The Morgan fingerprint density at radius 3 is 2.33 bits per heavy atom. The fraction of sp³-hybridized carbons (Fsp3) is 0.394. The Kier molecular flexibility index (Phi) is 6.71. The minimum Gasteiger partial charge on any atom is -0.507 e. The summed E-state index contributed by atoms with van der Waals surface area (Å²) in [6.45, 7) is 9.11. The van der Waals surface area contributed by atoms with E-state index in [0.29, 0.717) is 17.6 Å². The van der Waals surface area contributed by atoms with Gasteiger partial charge in [-0.05, 0) is 75.8 Å². The summed E-state index contributed by atoms with van der Waals surface area (Å²) in [5, 5.41) is 11.5. The maximum Gasteiger partial charge on any atom is 0.258 e. The van der Waals surface area contributed by atoms with E-state index >= 15 is 0 Å². The van der Waals surface area contributed by atoms with Crippen LogP contribution in [-0.4, -0.2) is 48.9 Å². The van der Waals surface area contributed by atoms with Crippen LogP contribution in [0.25, 0.3) is 0 Å². The first-order valence-corrected chi connectivity index (χ1v) is 15.0. The van der Waals surface area contributed by atoms with E-state index in [2.05, 4.69) is 6.58 Å². The highest BCUT2D eigenvalue weighted by Crippen LogP contribution is 2.66. The van der Waals surface area contributed by atoms with Crippen molar-refractivity contribution in [3.63, 3.8) is 0 Å². The molecule has 3 fully saturated rings. The van der Waals surface area contributed by atoms with E-state index in [4.69, 9.17) is 23.2 Å². The molecule has 6 rings (SSSR count). The molecule has 0 radical (unpaired) electrons. The molecule has 7 nitrogen and oxygen atoms in total. The molecule has 2 aromatic carbocycles. The lowest BCUT2D eigenvalue weighted by Crippen LogP contribution is -2.60. The van der Waals surface area contributed by atoms with Crippen molar-refractivity contribution in [1.29, 1.82) is 0 Å². The summed E-state index contributed by atoms with van der Waals surface area (Å²) < 4.78 is 13.8. The molecule has 2 aliphatic carbocycles. The fourth-order valence-corrected chi connectivity index (χ4v) is 8.50. The van der Waals surface area contributed by atoms with Crippen molar-refractivity contribution in [2.45, 2.75) is 61.2 Å². The minimum atomic E-state index is -2.12. The Morgan fingerprint density at radius 1 is 1.02 bits per heavy atom. The molecule has 1 N–H and O–H groups in total. The molecule has 43 heavy (non-hydrogen) atoms. The second-order valence-electron chi connectivity index (χ2n) is 12.8. The second-order valence-corrected chi connectivity index (χ2v) is 14.0. The number of anilines is 1. The van der Waals surface area contributed by atoms with E-state index in [-0.39, 0.29) is 41.7 Å². The SMILES string of the molecule is C=CCc1cccc(C2C3=CCC4C(=O)N(C(C)(C)C)C(=O)C4C3CC3(Cl)C(=O)N(c4ccc(F)cc4)C(=O)C23Cl)c1O.